The quantitative estimate of drug-likeness (QED) is 0.870. The van der Waals surface area contributed by atoms with E-state index in [0.717, 1.165) is 10.6 Å². The maximum atomic E-state index is 12.1. The van der Waals surface area contributed by atoms with Gasteiger partial charge in [0.1, 0.15) is 17.5 Å². The van der Waals surface area contributed by atoms with Crippen LogP contribution in [-0.2, 0) is 14.8 Å². The fraction of sp³-hybridized carbons (Fsp3) is 0.235. The normalized spacial score (nSPS) is 12.3. The molecule has 7 heteroatoms. The highest BCUT2D eigenvalue weighted by atomic mass is 32.2. The zero-order chi connectivity index (χ0) is 17.7. The second kappa shape index (κ2) is 7.35. The smallest absolute Gasteiger partial charge is 0.243 e. The molecule has 2 aromatic carbocycles. The average molecular weight is 348 g/mol. The van der Waals surface area contributed by atoms with Crippen LogP contribution in [0.25, 0.3) is 0 Å². The summed E-state index contributed by atoms with van der Waals surface area (Å²) in [5, 5.41) is 2.46. The van der Waals surface area contributed by atoms with Crippen molar-refractivity contribution in [3.63, 3.8) is 0 Å². The van der Waals surface area contributed by atoms with Gasteiger partial charge in [0, 0.05) is 7.05 Å². The van der Waals surface area contributed by atoms with Crippen LogP contribution < -0.4 is 14.4 Å². The topological polar surface area (TPSA) is 75.7 Å². The molecule has 1 amide bonds. The number of anilines is 1. The maximum Gasteiger partial charge on any atom is 0.243 e. The number of ether oxygens (including phenoxy) is 1. The van der Waals surface area contributed by atoms with Gasteiger partial charge in [-0.3, -0.25) is 9.10 Å². The van der Waals surface area contributed by atoms with E-state index in [1.807, 2.05) is 30.3 Å². The summed E-state index contributed by atoms with van der Waals surface area (Å²) in [5.41, 5.74) is 0.397. The average Bonchev–Trinajstić information content (AvgIpc) is 2.55. The number of amides is 1. The lowest BCUT2D eigenvalue weighted by atomic mass is 10.2. The molecule has 0 saturated heterocycles. The molecule has 1 atom stereocenters. The van der Waals surface area contributed by atoms with Crippen LogP contribution in [0.15, 0.2) is 54.6 Å². The number of benzene rings is 2. The molecule has 128 valence electrons. The first-order valence-corrected chi connectivity index (χ1v) is 9.21. The summed E-state index contributed by atoms with van der Waals surface area (Å²) in [4.78, 5) is 11.8. The standard InChI is InChI=1S/C17H20N2O4S/c1-13(17(20)18-2)19(24(3,21)22)14-9-11-16(12-10-14)23-15-7-5-4-6-8-15/h4-13H,1-3H3,(H,18,20)/t13-/m0/s1. The second-order valence-corrected chi connectivity index (χ2v) is 7.12. The van der Waals surface area contributed by atoms with Crippen molar-refractivity contribution in [1.29, 1.82) is 0 Å². The fourth-order valence-electron chi connectivity index (χ4n) is 2.30. The second-order valence-electron chi connectivity index (χ2n) is 5.26. The van der Waals surface area contributed by atoms with Crippen molar-refractivity contribution < 1.29 is 17.9 Å². The molecule has 24 heavy (non-hydrogen) atoms. The molecule has 2 rings (SSSR count). The molecule has 0 spiro atoms. The van der Waals surface area contributed by atoms with E-state index in [0.29, 0.717) is 17.2 Å². The van der Waals surface area contributed by atoms with Crippen LogP contribution >= 0.6 is 0 Å². The molecule has 0 aromatic heterocycles. The van der Waals surface area contributed by atoms with Gasteiger partial charge in [-0.2, -0.15) is 0 Å². The Kier molecular flexibility index (Phi) is 5.46. The number of carbonyl (C=O) groups is 1. The predicted octanol–water partition coefficient (Wildman–Crippen LogP) is 2.38. The van der Waals surface area contributed by atoms with Crippen molar-refractivity contribution in [2.24, 2.45) is 0 Å². The molecule has 0 aliphatic carbocycles. The van der Waals surface area contributed by atoms with E-state index in [1.165, 1.54) is 14.0 Å². The number of nitrogens with one attached hydrogen (secondary N) is 1. The molecule has 0 heterocycles. The number of likely N-dealkylation sites (N-methyl/N-ethyl adjacent to an activating group) is 1. The zero-order valence-corrected chi connectivity index (χ0v) is 14.6. The van der Waals surface area contributed by atoms with Gasteiger partial charge in [-0.25, -0.2) is 8.42 Å². The largest absolute Gasteiger partial charge is 0.457 e. The van der Waals surface area contributed by atoms with Gasteiger partial charge in [0.05, 0.1) is 11.9 Å². The molecule has 1 N–H and O–H groups in total. The Balaban J connectivity index is 2.27. The number of sulfonamides is 1. The van der Waals surface area contributed by atoms with E-state index < -0.39 is 16.1 Å². The molecule has 0 fully saturated rings. The summed E-state index contributed by atoms with van der Waals surface area (Å²) in [6.45, 7) is 1.54. The van der Waals surface area contributed by atoms with E-state index in [-0.39, 0.29) is 5.91 Å². The number of carbonyl (C=O) groups excluding carboxylic acids is 1. The Bertz CT molecular complexity index is 789. The fourth-order valence-corrected chi connectivity index (χ4v) is 3.48. The molecule has 0 bridgehead atoms. The van der Waals surface area contributed by atoms with Gasteiger partial charge < -0.3 is 10.1 Å². The Hall–Kier alpha value is -2.54. The third-order valence-electron chi connectivity index (χ3n) is 3.41. The molecule has 0 aliphatic heterocycles. The molecular weight excluding hydrogens is 328 g/mol. The third kappa shape index (κ3) is 4.26. The molecule has 0 unspecified atom stereocenters. The Labute approximate surface area is 142 Å². The highest BCUT2D eigenvalue weighted by Crippen LogP contribution is 2.26. The third-order valence-corrected chi connectivity index (χ3v) is 4.65. The predicted molar refractivity (Wildman–Crippen MR) is 93.8 cm³/mol. The summed E-state index contributed by atoms with van der Waals surface area (Å²) in [6.07, 6.45) is 1.07. The number of rotatable bonds is 6. The number of hydrogen-bond donors (Lipinski definition) is 1. The van der Waals surface area contributed by atoms with Crippen molar-refractivity contribution in [3.8, 4) is 11.5 Å². The first kappa shape index (κ1) is 17.8. The van der Waals surface area contributed by atoms with Gasteiger partial charge in [-0.1, -0.05) is 18.2 Å². The highest BCUT2D eigenvalue weighted by molar-refractivity contribution is 7.92. The molecular formula is C17H20N2O4S. The summed E-state index contributed by atoms with van der Waals surface area (Å²) < 4.78 is 30.9. The van der Waals surface area contributed by atoms with Gasteiger partial charge in [0.15, 0.2) is 0 Å². The van der Waals surface area contributed by atoms with E-state index in [1.54, 1.807) is 24.3 Å². The number of para-hydroxylation sites is 1. The monoisotopic (exact) mass is 348 g/mol. The van der Waals surface area contributed by atoms with Crippen LogP contribution in [0.1, 0.15) is 6.92 Å². The minimum absolute atomic E-state index is 0.384. The molecule has 0 aliphatic rings. The summed E-state index contributed by atoms with van der Waals surface area (Å²) in [6, 6.07) is 15.0. The van der Waals surface area contributed by atoms with E-state index in [4.69, 9.17) is 4.74 Å². The van der Waals surface area contributed by atoms with Crippen LogP contribution in [-0.4, -0.2) is 33.7 Å². The first-order chi connectivity index (χ1) is 11.3. The molecule has 0 saturated carbocycles. The molecule has 0 radical (unpaired) electrons. The Morgan fingerprint density at radius 3 is 2.08 bits per heavy atom. The van der Waals surface area contributed by atoms with Crippen molar-refractivity contribution in [2.45, 2.75) is 13.0 Å². The van der Waals surface area contributed by atoms with E-state index in [9.17, 15) is 13.2 Å². The van der Waals surface area contributed by atoms with Crippen LogP contribution in [0.3, 0.4) is 0 Å². The Morgan fingerprint density at radius 2 is 1.58 bits per heavy atom. The van der Waals surface area contributed by atoms with Crippen molar-refractivity contribution in [2.75, 3.05) is 17.6 Å². The highest BCUT2D eigenvalue weighted by Gasteiger charge is 2.28. The lowest BCUT2D eigenvalue weighted by Gasteiger charge is -2.27. The molecule has 2 aromatic rings. The van der Waals surface area contributed by atoms with Gasteiger partial charge >= 0.3 is 0 Å². The summed E-state index contributed by atoms with van der Waals surface area (Å²) in [5.74, 6) is 0.875. The first-order valence-electron chi connectivity index (χ1n) is 7.37. The van der Waals surface area contributed by atoms with E-state index in [2.05, 4.69) is 5.32 Å². The summed E-state index contributed by atoms with van der Waals surface area (Å²) in [7, 11) is -2.14. The Morgan fingerprint density at radius 1 is 1.04 bits per heavy atom. The number of nitrogens with zero attached hydrogens (tertiary/aromatic N) is 1. The summed E-state index contributed by atoms with van der Waals surface area (Å²) >= 11 is 0. The van der Waals surface area contributed by atoms with Crippen molar-refractivity contribution >= 4 is 21.6 Å². The van der Waals surface area contributed by atoms with Crippen LogP contribution in [0, 0.1) is 0 Å². The van der Waals surface area contributed by atoms with Crippen LogP contribution in [0.2, 0.25) is 0 Å². The van der Waals surface area contributed by atoms with Gasteiger partial charge in [0.25, 0.3) is 0 Å². The van der Waals surface area contributed by atoms with Crippen LogP contribution in [0.4, 0.5) is 5.69 Å². The zero-order valence-electron chi connectivity index (χ0n) is 13.8. The minimum atomic E-state index is -3.61. The van der Waals surface area contributed by atoms with Crippen molar-refractivity contribution in [3.05, 3.63) is 54.6 Å². The van der Waals surface area contributed by atoms with Gasteiger partial charge in [-0.05, 0) is 43.3 Å². The lowest BCUT2D eigenvalue weighted by Crippen LogP contribution is -2.46. The van der Waals surface area contributed by atoms with Crippen molar-refractivity contribution in [1.82, 2.24) is 5.32 Å². The number of hydrogen-bond acceptors (Lipinski definition) is 4. The minimum Gasteiger partial charge on any atom is -0.457 e. The SMILES string of the molecule is CNC(=O)[C@H](C)N(c1ccc(Oc2ccccc2)cc1)S(C)(=O)=O. The lowest BCUT2D eigenvalue weighted by molar-refractivity contribution is -0.121. The van der Waals surface area contributed by atoms with Crippen LogP contribution in [0.5, 0.6) is 11.5 Å². The van der Waals surface area contributed by atoms with E-state index >= 15 is 0 Å². The van der Waals surface area contributed by atoms with Gasteiger partial charge in [0.2, 0.25) is 15.9 Å². The maximum absolute atomic E-state index is 12.1. The van der Waals surface area contributed by atoms with Gasteiger partial charge in [-0.15, -0.1) is 0 Å². The molecule has 6 nitrogen and oxygen atoms in total.